The van der Waals surface area contributed by atoms with E-state index in [2.05, 4.69) is 5.32 Å². The number of nitrogens with one attached hydrogen (secondary N) is 1. The summed E-state index contributed by atoms with van der Waals surface area (Å²) in [7, 11) is 2.71. The highest BCUT2D eigenvalue weighted by Crippen LogP contribution is 2.67. The van der Waals surface area contributed by atoms with Crippen molar-refractivity contribution in [3.05, 3.63) is 91.5 Å². The van der Waals surface area contributed by atoms with E-state index < -0.39 is 131 Å². The van der Waals surface area contributed by atoms with Gasteiger partial charge in [0.2, 0.25) is 30.2 Å². The summed E-state index contributed by atoms with van der Waals surface area (Å²) in [5.41, 5.74) is -4.37. The molecule has 0 spiro atoms. The summed E-state index contributed by atoms with van der Waals surface area (Å²) in [6.07, 6.45) is 9.91. The van der Waals surface area contributed by atoms with Crippen molar-refractivity contribution in [3.8, 4) is 11.5 Å². The van der Waals surface area contributed by atoms with E-state index in [0.717, 1.165) is 30.5 Å². The van der Waals surface area contributed by atoms with Gasteiger partial charge in [-0.25, -0.2) is 23.2 Å². The van der Waals surface area contributed by atoms with E-state index in [4.69, 9.17) is 33.2 Å². The van der Waals surface area contributed by atoms with Crippen LogP contribution in [-0.4, -0.2) is 163 Å². The number of ketones is 2. The first-order valence-electron chi connectivity index (χ1n) is 31.5. The Morgan fingerprint density at radius 2 is 1.28 bits per heavy atom. The van der Waals surface area contributed by atoms with Crippen LogP contribution in [0.4, 0.5) is 25.0 Å². The maximum Gasteiger partial charge on any atom is 0.413 e. The van der Waals surface area contributed by atoms with Crippen molar-refractivity contribution >= 4 is 74.7 Å². The third kappa shape index (κ3) is 11.2. The number of esters is 4. The number of benzene rings is 2. The number of ether oxygens (including phenoxy) is 7. The van der Waals surface area contributed by atoms with Crippen LogP contribution in [0.2, 0.25) is 0 Å². The number of Topliss-reactive ketones (excluding diaryl/α,β-unsaturated/α-hetero) is 1. The lowest BCUT2D eigenvalue weighted by atomic mass is 9.46. The number of carbonyl (C=O) groups is 7. The molecular weight excluding hydrogens is 1200 g/mol. The van der Waals surface area contributed by atoms with Crippen LogP contribution in [0.5, 0.6) is 11.5 Å². The van der Waals surface area contributed by atoms with Gasteiger partial charge in [0.05, 0.1) is 55.0 Å². The Labute approximate surface area is 527 Å². The number of aliphatic hydroxyl groups excluding tert-OH is 1. The minimum Gasteiger partial charge on any atom is -0.492 e. The lowest BCUT2D eigenvalue weighted by Crippen LogP contribution is -2.61. The van der Waals surface area contributed by atoms with Crippen LogP contribution in [0.3, 0.4) is 0 Å². The second kappa shape index (κ2) is 24.7. The lowest BCUT2D eigenvalue weighted by Gasteiger charge is -2.59. The highest BCUT2D eigenvalue weighted by Gasteiger charge is 2.68. The van der Waals surface area contributed by atoms with E-state index in [9.17, 15) is 53.4 Å². The number of rotatable bonds is 18. The highest BCUT2D eigenvalue weighted by molar-refractivity contribution is 6.02. The molecular formula is C66H76F2N6O18. The number of halogens is 2. The minimum absolute atomic E-state index is 0.00137. The molecule has 12 rings (SSSR count). The molecule has 0 bridgehead atoms. The van der Waals surface area contributed by atoms with Crippen molar-refractivity contribution in [2.45, 2.75) is 134 Å². The van der Waals surface area contributed by atoms with Gasteiger partial charge in [-0.3, -0.25) is 28.8 Å². The summed E-state index contributed by atoms with van der Waals surface area (Å²) in [5.74, 6) is -6.70. The van der Waals surface area contributed by atoms with Gasteiger partial charge in [-0.2, -0.15) is 0 Å². The number of hydrogen-bond acceptors (Lipinski definition) is 21. The molecule has 2 aromatic carbocycles. The molecule has 8 aliphatic rings. The lowest BCUT2D eigenvalue weighted by molar-refractivity contribution is -0.181. The quantitative estimate of drug-likeness (QED) is 0.0576. The molecule has 2 unspecified atom stereocenters. The van der Waals surface area contributed by atoms with Crippen molar-refractivity contribution in [1.29, 1.82) is 0 Å². The van der Waals surface area contributed by atoms with Gasteiger partial charge in [0.15, 0.2) is 35.5 Å². The van der Waals surface area contributed by atoms with E-state index in [0.29, 0.717) is 57.3 Å². The van der Waals surface area contributed by atoms with E-state index in [1.807, 2.05) is 31.7 Å². The van der Waals surface area contributed by atoms with Gasteiger partial charge in [0, 0.05) is 92.6 Å². The number of methoxy groups -OCH3 is 2. The van der Waals surface area contributed by atoms with Crippen molar-refractivity contribution in [2.24, 2.45) is 28.6 Å². The van der Waals surface area contributed by atoms with E-state index >= 15 is 8.78 Å². The fraction of sp³-hybridized carbons (Fsp3) is 0.561. The smallest absolute Gasteiger partial charge is 0.413 e. The number of hydrogen-bond donors (Lipinski definition) is 3. The fourth-order valence-electron chi connectivity index (χ4n) is 15.9. The van der Waals surface area contributed by atoms with Crippen molar-refractivity contribution in [1.82, 2.24) is 19.4 Å². The van der Waals surface area contributed by atoms with Gasteiger partial charge >= 0.3 is 30.0 Å². The topological polar surface area (TPSA) is 290 Å². The molecule has 2 aromatic heterocycles. The molecule has 1 amide bonds. The molecule has 492 valence electrons. The first kappa shape index (κ1) is 63.9. The molecule has 92 heavy (non-hydrogen) atoms. The van der Waals surface area contributed by atoms with Gasteiger partial charge in [-0.15, -0.1) is 0 Å². The number of allylic oxidation sites excluding steroid dienone is 4. The number of aromatic nitrogens is 2. The van der Waals surface area contributed by atoms with Gasteiger partial charge in [-0.05, 0) is 108 Å². The molecule has 5 saturated carbocycles. The van der Waals surface area contributed by atoms with Crippen LogP contribution in [0.1, 0.15) is 131 Å². The average Bonchev–Trinajstić information content (AvgIpc) is 1.44. The molecule has 7 fully saturated rings. The number of fused-ring (bicyclic) bond motifs is 7. The maximum absolute atomic E-state index is 16.6. The molecule has 26 heteroatoms. The third-order valence-electron chi connectivity index (χ3n) is 20.8. The van der Waals surface area contributed by atoms with Crippen molar-refractivity contribution in [2.75, 3.05) is 83.5 Å². The van der Waals surface area contributed by atoms with E-state index in [1.54, 1.807) is 33.1 Å². The second-order valence-electron chi connectivity index (χ2n) is 26.3. The summed E-state index contributed by atoms with van der Waals surface area (Å²) in [6.45, 7) is 6.63. The number of piperazine rings is 2. The number of nitrogens with zero attached hydrogens (tertiary/aromatic N) is 5. The number of anilines is 2. The molecule has 6 aliphatic carbocycles. The zero-order valence-corrected chi connectivity index (χ0v) is 52.2. The molecule has 3 N–H and O–H groups in total. The molecule has 9 atom stereocenters. The normalized spacial score (nSPS) is 27.6. The third-order valence-corrected chi connectivity index (χ3v) is 20.8. The minimum atomic E-state index is -1.88. The Morgan fingerprint density at radius 3 is 1.84 bits per heavy atom. The number of pyridine rings is 2. The monoisotopic (exact) mass is 1280 g/mol. The molecule has 24 nitrogen and oxygen atoms in total. The van der Waals surface area contributed by atoms with E-state index in [1.165, 1.54) is 31.5 Å². The largest absolute Gasteiger partial charge is 0.492 e. The predicted molar refractivity (Wildman–Crippen MR) is 325 cm³/mol. The summed E-state index contributed by atoms with van der Waals surface area (Å²) >= 11 is 0. The van der Waals surface area contributed by atoms with E-state index in [-0.39, 0.29) is 113 Å². The Morgan fingerprint density at radius 1 is 0.717 bits per heavy atom. The Hall–Kier alpha value is -8.23. The maximum atomic E-state index is 16.6. The molecule has 2 aliphatic heterocycles. The SMILES string of the molecule is COc1c(N2CCNC(C)C2)c(F)cc2c(=O)c(C(=O)OCOC(=O)c3cn(C4CC4)c4c(OC)c(N5CCN(C(=O)OCOC(=O)CCC(=O)OCC(=O)[C@@]6(O)CC[C@H]7[C@@H]8CCC9=CC(=O)C=C[C@]9(C)[C@H]8[C@@H](O)C[C@@]76C)C(C)C5)c(F)cc4c3=O)cn(C3CC3)c12. The van der Waals surface area contributed by atoms with Gasteiger partial charge in [0.25, 0.3) is 0 Å². The van der Waals surface area contributed by atoms with Crippen LogP contribution in [-0.2, 0) is 42.9 Å². The molecule has 4 aromatic rings. The van der Waals surface area contributed by atoms with Crippen molar-refractivity contribution < 1.29 is 85.7 Å². The van der Waals surface area contributed by atoms with Crippen LogP contribution < -0.4 is 35.4 Å². The first-order valence-corrected chi connectivity index (χ1v) is 31.5. The molecule has 4 heterocycles. The van der Waals surface area contributed by atoms with Gasteiger partial charge in [-0.1, -0.05) is 25.5 Å². The predicted octanol–water partition coefficient (Wildman–Crippen LogP) is 6.10. The fourth-order valence-corrected chi connectivity index (χ4v) is 15.9. The average molecular weight is 1280 g/mol. The second-order valence-corrected chi connectivity index (χ2v) is 26.3. The zero-order valence-electron chi connectivity index (χ0n) is 52.2. The van der Waals surface area contributed by atoms with Crippen LogP contribution in [0, 0.1) is 40.2 Å². The number of carbonyl (C=O) groups excluding carboxylic acids is 7. The Bertz CT molecular complexity index is 3930. The molecule has 2 saturated heterocycles. The Balaban J connectivity index is 0.632. The summed E-state index contributed by atoms with van der Waals surface area (Å²) in [6, 6.07) is 1.20. The number of amides is 1. The summed E-state index contributed by atoms with van der Waals surface area (Å²) in [5, 5.41) is 26.7. The highest BCUT2D eigenvalue weighted by atomic mass is 19.1. The zero-order chi connectivity index (χ0) is 65.5. The van der Waals surface area contributed by atoms with Crippen LogP contribution in [0.15, 0.2) is 57.9 Å². The first-order chi connectivity index (χ1) is 43.9. The van der Waals surface area contributed by atoms with Gasteiger partial charge in [0.1, 0.15) is 28.1 Å². The van der Waals surface area contributed by atoms with Crippen LogP contribution >= 0.6 is 0 Å². The molecule has 0 radical (unpaired) electrons. The summed E-state index contributed by atoms with van der Waals surface area (Å²) in [4.78, 5) is 125. The number of aliphatic hydroxyl groups is 2. The van der Waals surface area contributed by atoms with Crippen LogP contribution in [0.25, 0.3) is 21.8 Å². The Kier molecular flexibility index (Phi) is 17.1. The summed E-state index contributed by atoms with van der Waals surface area (Å²) < 4.78 is 73.8. The van der Waals surface area contributed by atoms with Gasteiger partial charge < -0.3 is 72.5 Å². The standard InChI is InChI=1S/C66H76F2N6O18/c1-34-27-70(20-19-69-34)55-46(67)24-41-53(59(55)86-5)73(37-8-9-37)29-43(57(41)80)61(82)90-33-91-62(83)44-30-74(38-10-11-38)54-42(58(44)81)25-47(68)56(60(54)87-6)71-21-22-72(35(2)28-71)63(84)92-32-89-51(79)14-13-50(78)88-31-49(77)66(85)18-16-45-40-12-7-36-23-39(75)15-17-64(36,3)52(40)48(76)26-65(45,66)4/h15,17,23-25,29-30,34-35,37-38,40,45,48,52,69,76,85H,7-14,16,18-22,26-28,31-33H2,1-6H3/t34?,35?,40-,45-,48-,52+,64-,65-,66-/m0/s1. The van der Waals surface area contributed by atoms with Crippen molar-refractivity contribution in [3.63, 3.8) is 0 Å².